The van der Waals surface area contributed by atoms with Gasteiger partial charge in [-0.1, -0.05) is 0 Å². The van der Waals surface area contributed by atoms with Gasteiger partial charge in [0.2, 0.25) is 10.0 Å². The number of hydrogen-bond acceptors (Lipinski definition) is 5. The number of benzene rings is 1. The molecule has 1 amide bonds. The van der Waals surface area contributed by atoms with Crippen molar-refractivity contribution in [1.29, 1.82) is 0 Å². The van der Waals surface area contributed by atoms with Crippen LogP contribution in [0.5, 0.6) is 0 Å². The van der Waals surface area contributed by atoms with Crippen molar-refractivity contribution in [1.82, 2.24) is 14.9 Å². The maximum atomic E-state index is 13.4. The van der Waals surface area contributed by atoms with E-state index < -0.39 is 21.7 Å². The molecule has 3 aromatic rings. The lowest BCUT2D eigenvalue weighted by Crippen LogP contribution is -2.31. The van der Waals surface area contributed by atoms with Crippen LogP contribution in [0.2, 0.25) is 0 Å². The molecule has 3 heterocycles. The highest BCUT2D eigenvalue weighted by Crippen LogP contribution is 2.33. The third-order valence-corrected chi connectivity index (χ3v) is 6.24. The molecule has 1 aromatic carbocycles. The van der Waals surface area contributed by atoms with E-state index in [1.165, 1.54) is 52.4 Å². The van der Waals surface area contributed by atoms with Gasteiger partial charge < -0.3 is 5.32 Å². The SMILES string of the molecule is CNC(=O)c1c(-c2ccc(F)cc2)nn2cc3c(cc12)C(=O)CCCN3S(C)(=O)=O. The molecule has 0 spiro atoms. The Bertz CT molecular complexity index is 1280. The molecule has 0 unspecified atom stereocenters. The minimum atomic E-state index is -3.62. The van der Waals surface area contributed by atoms with Crippen molar-refractivity contribution in [2.24, 2.45) is 0 Å². The quantitative estimate of drug-likeness (QED) is 0.687. The van der Waals surface area contributed by atoms with Crippen LogP contribution in [0.25, 0.3) is 16.8 Å². The topological polar surface area (TPSA) is 101 Å². The molecule has 0 bridgehead atoms. The van der Waals surface area contributed by atoms with E-state index in [0.717, 1.165) is 6.26 Å². The van der Waals surface area contributed by atoms with Crippen LogP contribution in [0.1, 0.15) is 33.6 Å². The lowest BCUT2D eigenvalue weighted by atomic mass is 10.0. The number of hydrogen-bond donors (Lipinski definition) is 1. The van der Waals surface area contributed by atoms with Gasteiger partial charge in [0, 0.05) is 31.1 Å². The number of ketones is 1. The Hall–Kier alpha value is -3.27. The smallest absolute Gasteiger partial charge is 0.255 e. The molecular weight excluding hydrogens is 411 g/mol. The molecule has 0 radical (unpaired) electrons. The first-order valence-electron chi connectivity index (χ1n) is 9.26. The van der Waals surface area contributed by atoms with Gasteiger partial charge in [-0.15, -0.1) is 0 Å². The second-order valence-corrected chi connectivity index (χ2v) is 8.98. The van der Waals surface area contributed by atoms with Gasteiger partial charge in [-0.3, -0.25) is 13.9 Å². The van der Waals surface area contributed by atoms with Crippen molar-refractivity contribution in [3.8, 4) is 11.3 Å². The van der Waals surface area contributed by atoms with Crippen LogP contribution in [0.4, 0.5) is 10.1 Å². The summed E-state index contributed by atoms with van der Waals surface area (Å²) in [7, 11) is -2.14. The third-order valence-electron chi connectivity index (χ3n) is 5.06. The first-order valence-corrected chi connectivity index (χ1v) is 11.1. The Balaban J connectivity index is 2.04. The van der Waals surface area contributed by atoms with Gasteiger partial charge in [-0.2, -0.15) is 5.10 Å². The van der Waals surface area contributed by atoms with Crippen molar-refractivity contribution in [2.45, 2.75) is 12.8 Å². The predicted molar refractivity (Wildman–Crippen MR) is 110 cm³/mol. The number of carbonyl (C=O) groups excluding carboxylic acids is 2. The van der Waals surface area contributed by atoms with Gasteiger partial charge in [0.05, 0.1) is 29.2 Å². The molecule has 0 saturated heterocycles. The normalized spacial score (nSPS) is 14.5. The number of Topliss-reactive ketones (excluding diaryl/α,β-unsaturated/α-hetero) is 1. The van der Waals surface area contributed by atoms with Gasteiger partial charge in [-0.05, 0) is 36.8 Å². The monoisotopic (exact) mass is 430 g/mol. The average molecular weight is 430 g/mol. The van der Waals surface area contributed by atoms with Crippen molar-refractivity contribution >= 4 is 32.9 Å². The minimum Gasteiger partial charge on any atom is -0.355 e. The fraction of sp³-hybridized carbons (Fsp3) is 0.250. The third kappa shape index (κ3) is 3.32. The van der Waals surface area contributed by atoms with Crippen molar-refractivity contribution in [3.05, 3.63) is 53.5 Å². The Morgan fingerprint density at radius 3 is 2.57 bits per heavy atom. The van der Waals surface area contributed by atoms with E-state index >= 15 is 0 Å². The Kier molecular flexibility index (Phi) is 4.81. The second-order valence-electron chi connectivity index (χ2n) is 7.07. The molecular formula is C20H19FN4O4S. The van der Waals surface area contributed by atoms with Crippen molar-refractivity contribution in [3.63, 3.8) is 0 Å². The summed E-state index contributed by atoms with van der Waals surface area (Å²) in [5, 5.41) is 7.02. The number of rotatable bonds is 3. The van der Waals surface area contributed by atoms with Crippen LogP contribution in [0, 0.1) is 5.82 Å². The van der Waals surface area contributed by atoms with Gasteiger partial charge in [0.25, 0.3) is 5.91 Å². The zero-order valence-electron chi connectivity index (χ0n) is 16.3. The molecule has 0 saturated carbocycles. The molecule has 156 valence electrons. The summed E-state index contributed by atoms with van der Waals surface area (Å²) in [6.07, 6.45) is 3.13. The number of anilines is 1. The molecule has 0 atom stereocenters. The summed E-state index contributed by atoms with van der Waals surface area (Å²) in [5.41, 5.74) is 1.84. The number of pyridine rings is 1. The number of sulfonamides is 1. The predicted octanol–water partition coefficient (Wildman–Crippen LogP) is 2.24. The average Bonchev–Trinajstić information content (AvgIpc) is 2.98. The maximum absolute atomic E-state index is 13.4. The highest BCUT2D eigenvalue weighted by molar-refractivity contribution is 7.92. The van der Waals surface area contributed by atoms with Crippen LogP contribution < -0.4 is 9.62 Å². The van der Waals surface area contributed by atoms with E-state index in [-0.39, 0.29) is 35.6 Å². The standard InChI is InChI=1S/C20H19FN4O4S/c1-22-20(27)18-15-10-14-16(25(30(2,28)29)9-3-4-17(14)26)11-24(15)23-19(18)12-5-7-13(21)8-6-12/h5-8,10-11H,3-4,9H2,1-2H3,(H,22,27). The minimum absolute atomic E-state index is 0.178. The molecule has 2 aromatic heterocycles. The van der Waals surface area contributed by atoms with E-state index in [0.29, 0.717) is 23.2 Å². The van der Waals surface area contributed by atoms with E-state index in [1.54, 1.807) is 0 Å². The number of amides is 1. The van der Waals surface area contributed by atoms with Gasteiger partial charge >= 0.3 is 0 Å². The summed E-state index contributed by atoms with van der Waals surface area (Å²) in [6, 6.07) is 7.03. The fourth-order valence-electron chi connectivity index (χ4n) is 3.64. The van der Waals surface area contributed by atoms with E-state index in [9.17, 15) is 22.4 Å². The van der Waals surface area contributed by atoms with Crippen LogP contribution >= 0.6 is 0 Å². The summed E-state index contributed by atoms with van der Waals surface area (Å²) in [6.45, 7) is 0.178. The maximum Gasteiger partial charge on any atom is 0.255 e. The molecule has 4 rings (SSSR count). The fourth-order valence-corrected chi connectivity index (χ4v) is 4.61. The van der Waals surface area contributed by atoms with Crippen LogP contribution in [0.3, 0.4) is 0 Å². The van der Waals surface area contributed by atoms with Crippen LogP contribution in [-0.4, -0.2) is 49.6 Å². The molecule has 0 fully saturated rings. The summed E-state index contributed by atoms with van der Waals surface area (Å²) in [4.78, 5) is 25.4. The molecule has 8 nitrogen and oxygen atoms in total. The number of fused-ring (bicyclic) bond motifs is 2. The zero-order valence-corrected chi connectivity index (χ0v) is 17.2. The second kappa shape index (κ2) is 7.21. The van der Waals surface area contributed by atoms with Crippen LogP contribution in [-0.2, 0) is 10.0 Å². The largest absolute Gasteiger partial charge is 0.355 e. The number of carbonyl (C=O) groups is 2. The summed E-state index contributed by atoms with van der Waals surface area (Å²) in [5.74, 6) is -1.05. The van der Waals surface area contributed by atoms with E-state index in [4.69, 9.17) is 0 Å². The Morgan fingerprint density at radius 1 is 1.23 bits per heavy atom. The number of nitrogens with one attached hydrogen (secondary N) is 1. The summed E-state index contributed by atoms with van der Waals surface area (Å²) < 4.78 is 40.6. The van der Waals surface area contributed by atoms with Gasteiger partial charge in [0.15, 0.2) is 5.78 Å². The molecule has 1 aliphatic heterocycles. The van der Waals surface area contributed by atoms with Gasteiger partial charge in [-0.25, -0.2) is 17.3 Å². The molecule has 1 N–H and O–H groups in total. The lowest BCUT2D eigenvalue weighted by molar-refractivity contribution is 0.0961. The Morgan fingerprint density at radius 2 is 1.93 bits per heavy atom. The molecule has 0 aliphatic carbocycles. The highest BCUT2D eigenvalue weighted by atomic mass is 32.2. The Labute approximate surface area is 172 Å². The van der Waals surface area contributed by atoms with Crippen molar-refractivity contribution < 1.29 is 22.4 Å². The first kappa shape index (κ1) is 20.0. The summed E-state index contributed by atoms with van der Waals surface area (Å²) >= 11 is 0. The van der Waals surface area contributed by atoms with E-state index in [2.05, 4.69) is 10.4 Å². The molecule has 1 aliphatic rings. The van der Waals surface area contributed by atoms with Crippen LogP contribution in [0.15, 0.2) is 36.5 Å². The van der Waals surface area contributed by atoms with E-state index in [1.807, 2.05) is 0 Å². The van der Waals surface area contributed by atoms with Crippen molar-refractivity contribution in [2.75, 3.05) is 24.2 Å². The highest BCUT2D eigenvalue weighted by Gasteiger charge is 2.29. The lowest BCUT2D eigenvalue weighted by Gasteiger charge is -2.21. The number of nitrogens with zero attached hydrogens (tertiary/aromatic N) is 3. The first-order chi connectivity index (χ1) is 14.2. The van der Waals surface area contributed by atoms with Gasteiger partial charge in [0.1, 0.15) is 11.5 Å². The zero-order chi connectivity index (χ0) is 21.6. The number of halogens is 1. The molecule has 10 heteroatoms. The number of aromatic nitrogens is 2. The molecule has 30 heavy (non-hydrogen) atoms.